The Bertz CT molecular complexity index is 691. The molecule has 1 N–H and O–H groups in total. The first-order valence-corrected chi connectivity index (χ1v) is 9.97. The number of piperazine rings is 1. The number of ether oxygens (including phenoxy) is 2. The molecule has 2 fully saturated rings. The van der Waals surface area contributed by atoms with Crippen LogP contribution in [0, 0.1) is 5.92 Å². The summed E-state index contributed by atoms with van der Waals surface area (Å²) in [5, 5.41) is 3.39. The second-order valence-electron chi connectivity index (χ2n) is 7.65. The lowest BCUT2D eigenvalue weighted by atomic mass is 9.87. The second kappa shape index (κ2) is 9.34. The number of nitrogens with one attached hydrogen (secondary N) is 1. The van der Waals surface area contributed by atoms with E-state index in [0.29, 0.717) is 18.5 Å². The number of aromatic nitrogens is 1. The van der Waals surface area contributed by atoms with E-state index in [9.17, 15) is 9.59 Å². The average molecular weight is 390 g/mol. The fourth-order valence-corrected chi connectivity index (χ4v) is 4.04. The lowest BCUT2D eigenvalue weighted by molar-refractivity contribution is 0.0265. The first kappa shape index (κ1) is 20.5. The highest BCUT2D eigenvalue weighted by atomic mass is 16.6. The zero-order valence-corrected chi connectivity index (χ0v) is 16.9. The predicted octanol–water partition coefficient (Wildman–Crippen LogP) is 1.76. The zero-order chi connectivity index (χ0) is 20.1. The molecule has 2 aliphatic heterocycles. The van der Waals surface area contributed by atoms with Crippen LogP contribution in [-0.2, 0) is 4.74 Å². The third kappa shape index (κ3) is 4.62. The van der Waals surface area contributed by atoms with Crippen molar-refractivity contribution in [1.29, 1.82) is 0 Å². The molecule has 1 unspecified atom stereocenters. The quantitative estimate of drug-likeness (QED) is 0.784. The molecule has 1 atom stereocenters. The monoisotopic (exact) mass is 390 g/mol. The van der Waals surface area contributed by atoms with Gasteiger partial charge >= 0.3 is 12.1 Å². The Hall–Kier alpha value is -2.19. The molecule has 2 aliphatic rings. The van der Waals surface area contributed by atoms with Crippen LogP contribution >= 0.6 is 0 Å². The maximum atomic E-state index is 13.0. The summed E-state index contributed by atoms with van der Waals surface area (Å²) in [6, 6.07) is 3.69. The maximum Gasteiger partial charge on any atom is 0.416 e. The number of rotatable bonds is 4. The molecule has 0 bridgehead atoms. The van der Waals surface area contributed by atoms with Gasteiger partial charge in [-0.25, -0.2) is 14.6 Å². The molecule has 2 saturated heterocycles. The van der Waals surface area contributed by atoms with Crippen molar-refractivity contribution in [2.45, 2.75) is 38.8 Å². The van der Waals surface area contributed by atoms with Gasteiger partial charge in [-0.15, -0.1) is 0 Å². The summed E-state index contributed by atoms with van der Waals surface area (Å²) >= 11 is 0. The van der Waals surface area contributed by atoms with E-state index in [1.807, 2.05) is 4.90 Å². The van der Waals surface area contributed by atoms with Gasteiger partial charge in [0.15, 0.2) is 0 Å². The molecule has 0 spiro atoms. The molecule has 0 radical (unpaired) electrons. The summed E-state index contributed by atoms with van der Waals surface area (Å²) in [5.41, 5.74) is 0.151. The molecule has 8 heteroatoms. The van der Waals surface area contributed by atoms with E-state index in [2.05, 4.69) is 29.0 Å². The minimum atomic E-state index is -0.574. The molecule has 0 saturated carbocycles. The van der Waals surface area contributed by atoms with Gasteiger partial charge in [-0.05, 0) is 57.8 Å². The highest BCUT2D eigenvalue weighted by molar-refractivity contribution is 5.92. The molecule has 3 rings (SSSR count). The highest BCUT2D eigenvalue weighted by Crippen LogP contribution is 2.27. The Balaban J connectivity index is 1.78. The number of piperidine rings is 1. The van der Waals surface area contributed by atoms with Gasteiger partial charge in [-0.1, -0.05) is 0 Å². The van der Waals surface area contributed by atoms with Crippen LogP contribution in [0.25, 0.3) is 0 Å². The van der Waals surface area contributed by atoms with Crippen molar-refractivity contribution >= 4 is 12.1 Å². The van der Waals surface area contributed by atoms with Gasteiger partial charge < -0.3 is 19.7 Å². The Labute approximate surface area is 166 Å². The topological polar surface area (TPSA) is 84.0 Å². The summed E-state index contributed by atoms with van der Waals surface area (Å²) in [5.74, 6) is -0.149. The zero-order valence-electron chi connectivity index (χ0n) is 16.9. The number of hydrogen-bond donors (Lipinski definition) is 1. The summed E-state index contributed by atoms with van der Waals surface area (Å²) < 4.78 is 10.3. The van der Waals surface area contributed by atoms with Gasteiger partial charge in [-0.2, -0.15) is 0 Å². The molecule has 3 heterocycles. The molecule has 154 valence electrons. The van der Waals surface area contributed by atoms with Crippen LogP contribution in [0.4, 0.5) is 4.79 Å². The third-order valence-corrected chi connectivity index (χ3v) is 5.70. The molecule has 0 aliphatic carbocycles. The Morgan fingerprint density at radius 1 is 1.25 bits per heavy atom. The van der Waals surface area contributed by atoms with E-state index in [1.54, 1.807) is 12.1 Å². The third-order valence-electron chi connectivity index (χ3n) is 5.70. The SMILES string of the molecule is COC(=O)c1cccnc1OC(=O)N1CCN(C(C)C)CC1C1CCNCC1. The van der Waals surface area contributed by atoms with Gasteiger partial charge in [0.2, 0.25) is 5.88 Å². The van der Waals surface area contributed by atoms with Crippen LogP contribution in [0.1, 0.15) is 37.0 Å². The van der Waals surface area contributed by atoms with Crippen molar-refractivity contribution in [3.05, 3.63) is 23.9 Å². The van der Waals surface area contributed by atoms with Gasteiger partial charge in [0.1, 0.15) is 5.56 Å². The minimum Gasteiger partial charge on any atom is -0.465 e. The van der Waals surface area contributed by atoms with Crippen molar-refractivity contribution in [3.63, 3.8) is 0 Å². The second-order valence-corrected chi connectivity index (χ2v) is 7.65. The lowest BCUT2D eigenvalue weighted by Crippen LogP contribution is -2.60. The molecule has 0 aromatic carbocycles. The Morgan fingerprint density at radius 2 is 2.00 bits per heavy atom. The maximum absolute atomic E-state index is 13.0. The van der Waals surface area contributed by atoms with Gasteiger partial charge in [0.05, 0.1) is 13.2 Å². The number of carbonyl (C=O) groups excluding carboxylic acids is 2. The minimum absolute atomic E-state index is 0.00491. The van der Waals surface area contributed by atoms with Gasteiger partial charge in [-0.3, -0.25) is 4.90 Å². The van der Waals surface area contributed by atoms with E-state index in [-0.39, 0.29) is 17.5 Å². The first-order chi connectivity index (χ1) is 13.5. The lowest BCUT2D eigenvalue weighted by Gasteiger charge is -2.46. The van der Waals surface area contributed by atoms with E-state index in [0.717, 1.165) is 39.0 Å². The summed E-state index contributed by atoms with van der Waals surface area (Å²) in [4.78, 5) is 33.3. The Kier molecular flexibility index (Phi) is 6.85. The molecule has 8 nitrogen and oxygen atoms in total. The van der Waals surface area contributed by atoms with Crippen LogP contribution in [0.2, 0.25) is 0 Å². The fraction of sp³-hybridized carbons (Fsp3) is 0.650. The van der Waals surface area contributed by atoms with Crippen molar-refractivity contribution < 1.29 is 19.1 Å². The number of methoxy groups -OCH3 is 1. The normalized spacial score (nSPS) is 21.6. The Morgan fingerprint density at radius 3 is 2.68 bits per heavy atom. The number of amides is 1. The standard InChI is InChI=1S/C20H30N4O4/c1-14(2)23-11-12-24(17(13-23)15-6-9-21-10-7-15)20(26)28-18-16(19(25)27-3)5-4-8-22-18/h4-5,8,14-15,17,21H,6-7,9-13H2,1-3H3. The van der Waals surface area contributed by atoms with Crippen LogP contribution in [0.15, 0.2) is 18.3 Å². The summed E-state index contributed by atoms with van der Waals surface area (Å²) in [7, 11) is 1.29. The van der Waals surface area contributed by atoms with E-state index in [4.69, 9.17) is 9.47 Å². The summed E-state index contributed by atoms with van der Waals surface area (Å²) in [6.07, 6.45) is 3.13. The van der Waals surface area contributed by atoms with Crippen molar-refractivity contribution in [2.24, 2.45) is 5.92 Å². The van der Waals surface area contributed by atoms with Crippen molar-refractivity contribution in [3.8, 4) is 5.88 Å². The number of hydrogen-bond acceptors (Lipinski definition) is 7. The highest BCUT2D eigenvalue weighted by Gasteiger charge is 2.38. The van der Waals surface area contributed by atoms with Crippen LogP contribution in [0.3, 0.4) is 0 Å². The van der Waals surface area contributed by atoms with Crippen LogP contribution < -0.4 is 10.1 Å². The number of esters is 1. The van der Waals surface area contributed by atoms with Gasteiger partial charge in [0, 0.05) is 31.9 Å². The summed E-state index contributed by atoms with van der Waals surface area (Å²) in [6.45, 7) is 8.56. The smallest absolute Gasteiger partial charge is 0.416 e. The number of carbonyl (C=O) groups is 2. The van der Waals surface area contributed by atoms with Gasteiger partial charge in [0.25, 0.3) is 0 Å². The molecular formula is C20H30N4O4. The number of pyridine rings is 1. The first-order valence-electron chi connectivity index (χ1n) is 9.97. The fourth-order valence-electron chi connectivity index (χ4n) is 4.04. The van der Waals surface area contributed by atoms with Crippen molar-refractivity contribution in [1.82, 2.24) is 20.1 Å². The molecule has 28 heavy (non-hydrogen) atoms. The largest absolute Gasteiger partial charge is 0.465 e. The molecule has 1 amide bonds. The van der Waals surface area contributed by atoms with Crippen molar-refractivity contribution in [2.75, 3.05) is 39.8 Å². The molecule has 1 aromatic heterocycles. The van der Waals surface area contributed by atoms with E-state index >= 15 is 0 Å². The van der Waals surface area contributed by atoms with Crippen LogP contribution in [-0.4, -0.2) is 78.8 Å². The van der Waals surface area contributed by atoms with E-state index < -0.39 is 12.1 Å². The predicted molar refractivity (Wildman–Crippen MR) is 104 cm³/mol. The van der Waals surface area contributed by atoms with Crippen LogP contribution in [0.5, 0.6) is 5.88 Å². The molecular weight excluding hydrogens is 360 g/mol. The average Bonchev–Trinajstić information content (AvgIpc) is 2.73. The molecule has 1 aromatic rings. The van der Waals surface area contributed by atoms with E-state index in [1.165, 1.54) is 13.3 Å². The number of nitrogens with zero attached hydrogens (tertiary/aromatic N) is 3.